The predicted molar refractivity (Wildman–Crippen MR) is 52.1 cm³/mol. The minimum Gasteiger partial charge on any atom is -0.303 e. The van der Waals surface area contributed by atoms with Crippen LogP contribution in [0.5, 0.6) is 0 Å². The van der Waals surface area contributed by atoms with Crippen LogP contribution < -0.4 is 0 Å². The zero-order chi connectivity index (χ0) is 8.55. The summed E-state index contributed by atoms with van der Waals surface area (Å²) >= 11 is 0. The Bertz CT molecular complexity index is 141. The van der Waals surface area contributed by atoms with Crippen molar-refractivity contribution in [3.05, 3.63) is 0 Å². The molecule has 1 unspecified atom stereocenters. The standard InChI is InChI=1S/C11H21N/c1-9(2)5-11-6-10-3-4-12(7-10)8-11/h9-11H,3-8H2,1-2H3/t10-,11-/m1/s1. The maximum atomic E-state index is 2.67. The van der Waals surface area contributed by atoms with Crippen molar-refractivity contribution in [1.29, 1.82) is 0 Å². The molecule has 2 saturated heterocycles. The fourth-order valence-corrected chi connectivity index (χ4v) is 3.02. The van der Waals surface area contributed by atoms with Crippen molar-refractivity contribution in [1.82, 2.24) is 4.90 Å². The van der Waals surface area contributed by atoms with Gasteiger partial charge in [0.05, 0.1) is 0 Å². The summed E-state index contributed by atoms with van der Waals surface area (Å²) in [7, 11) is 0. The van der Waals surface area contributed by atoms with E-state index in [0.29, 0.717) is 0 Å². The quantitative estimate of drug-likeness (QED) is 0.610. The molecule has 2 fully saturated rings. The van der Waals surface area contributed by atoms with E-state index in [0.717, 1.165) is 17.8 Å². The number of piperidine rings is 1. The van der Waals surface area contributed by atoms with Gasteiger partial charge in [0.2, 0.25) is 0 Å². The van der Waals surface area contributed by atoms with Crippen molar-refractivity contribution in [2.45, 2.75) is 33.1 Å². The van der Waals surface area contributed by atoms with Crippen LogP contribution in [0.15, 0.2) is 0 Å². The van der Waals surface area contributed by atoms with Crippen molar-refractivity contribution in [3.63, 3.8) is 0 Å². The zero-order valence-corrected chi connectivity index (χ0v) is 8.42. The fraction of sp³-hybridized carbons (Fsp3) is 1.00. The van der Waals surface area contributed by atoms with Gasteiger partial charge in [-0.1, -0.05) is 13.8 Å². The highest BCUT2D eigenvalue weighted by Crippen LogP contribution is 2.33. The molecule has 0 N–H and O–H groups in total. The van der Waals surface area contributed by atoms with Crippen molar-refractivity contribution in [2.24, 2.45) is 17.8 Å². The van der Waals surface area contributed by atoms with Gasteiger partial charge in [0.25, 0.3) is 0 Å². The van der Waals surface area contributed by atoms with Crippen LogP contribution in [0.1, 0.15) is 33.1 Å². The van der Waals surface area contributed by atoms with E-state index in [-0.39, 0.29) is 0 Å². The maximum Gasteiger partial charge on any atom is 0.00104 e. The molecule has 2 rings (SSSR count). The van der Waals surface area contributed by atoms with Crippen LogP contribution in [0.3, 0.4) is 0 Å². The van der Waals surface area contributed by atoms with Crippen LogP contribution in [0.25, 0.3) is 0 Å². The average molecular weight is 167 g/mol. The van der Waals surface area contributed by atoms with Crippen molar-refractivity contribution in [3.8, 4) is 0 Å². The highest BCUT2D eigenvalue weighted by Gasteiger charge is 2.32. The third-order valence-electron chi connectivity index (χ3n) is 3.36. The maximum absolute atomic E-state index is 2.67. The molecule has 0 aliphatic carbocycles. The van der Waals surface area contributed by atoms with Crippen LogP contribution in [-0.4, -0.2) is 24.5 Å². The second kappa shape index (κ2) is 3.37. The summed E-state index contributed by atoms with van der Waals surface area (Å²) in [6.45, 7) is 8.90. The number of rotatable bonds is 2. The first-order valence-electron chi connectivity index (χ1n) is 5.46. The summed E-state index contributed by atoms with van der Waals surface area (Å²) in [5, 5.41) is 0. The molecular weight excluding hydrogens is 146 g/mol. The Hall–Kier alpha value is -0.0400. The topological polar surface area (TPSA) is 3.24 Å². The number of hydrogen-bond donors (Lipinski definition) is 0. The van der Waals surface area contributed by atoms with Crippen LogP contribution in [0.2, 0.25) is 0 Å². The summed E-state index contributed by atoms with van der Waals surface area (Å²) < 4.78 is 0. The van der Waals surface area contributed by atoms with Gasteiger partial charge in [-0.05, 0) is 43.6 Å². The van der Waals surface area contributed by atoms with Gasteiger partial charge in [-0.2, -0.15) is 0 Å². The van der Waals surface area contributed by atoms with Crippen LogP contribution >= 0.6 is 0 Å². The third kappa shape index (κ3) is 1.82. The third-order valence-corrected chi connectivity index (χ3v) is 3.36. The minimum absolute atomic E-state index is 0.897. The van der Waals surface area contributed by atoms with E-state index in [1.165, 1.54) is 38.9 Å². The molecule has 0 saturated carbocycles. The summed E-state index contributed by atoms with van der Waals surface area (Å²) in [6, 6.07) is 0. The lowest BCUT2D eigenvalue weighted by atomic mass is 9.86. The molecule has 2 bridgehead atoms. The van der Waals surface area contributed by atoms with E-state index in [9.17, 15) is 0 Å². The van der Waals surface area contributed by atoms with Gasteiger partial charge in [0, 0.05) is 13.1 Å². The summed E-state index contributed by atoms with van der Waals surface area (Å²) in [5.74, 6) is 2.97. The van der Waals surface area contributed by atoms with Gasteiger partial charge in [0.15, 0.2) is 0 Å². The molecule has 0 amide bonds. The van der Waals surface area contributed by atoms with Crippen molar-refractivity contribution >= 4 is 0 Å². The zero-order valence-electron chi connectivity index (χ0n) is 8.42. The Labute approximate surface area is 76.1 Å². The van der Waals surface area contributed by atoms with Crippen LogP contribution in [-0.2, 0) is 0 Å². The van der Waals surface area contributed by atoms with E-state index in [4.69, 9.17) is 0 Å². The summed E-state index contributed by atoms with van der Waals surface area (Å²) in [4.78, 5) is 2.67. The fourth-order valence-electron chi connectivity index (χ4n) is 3.02. The molecular formula is C11H21N. The molecule has 0 spiro atoms. The molecule has 1 heteroatoms. The van der Waals surface area contributed by atoms with E-state index in [1.807, 2.05) is 0 Å². The molecule has 0 aromatic heterocycles. The highest BCUT2D eigenvalue weighted by molar-refractivity contribution is 4.85. The van der Waals surface area contributed by atoms with Crippen LogP contribution in [0, 0.1) is 17.8 Å². The van der Waals surface area contributed by atoms with E-state index in [2.05, 4.69) is 18.7 Å². The van der Waals surface area contributed by atoms with E-state index >= 15 is 0 Å². The number of fused-ring (bicyclic) bond motifs is 2. The van der Waals surface area contributed by atoms with Crippen LogP contribution in [0.4, 0.5) is 0 Å². The molecule has 2 heterocycles. The Morgan fingerprint density at radius 3 is 2.83 bits per heavy atom. The Balaban J connectivity index is 1.85. The van der Waals surface area contributed by atoms with Gasteiger partial charge < -0.3 is 4.90 Å². The lowest BCUT2D eigenvalue weighted by molar-refractivity contribution is 0.182. The van der Waals surface area contributed by atoms with E-state index < -0.39 is 0 Å². The first kappa shape index (κ1) is 8.55. The second-order valence-corrected chi connectivity index (χ2v) is 5.15. The number of nitrogens with zero attached hydrogens (tertiary/aromatic N) is 1. The monoisotopic (exact) mass is 167 g/mol. The van der Waals surface area contributed by atoms with Crippen molar-refractivity contribution < 1.29 is 0 Å². The summed E-state index contributed by atoms with van der Waals surface area (Å²) in [6.07, 6.45) is 4.45. The molecule has 3 atom stereocenters. The van der Waals surface area contributed by atoms with Gasteiger partial charge in [-0.15, -0.1) is 0 Å². The SMILES string of the molecule is CC(C)C[C@@H]1C[C@H]2CCN(C2)C1. The molecule has 12 heavy (non-hydrogen) atoms. The largest absolute Gasteiger partial charge is 0.303 e. The minimum atomic E-state index is 0.897. The molecule has 2 aliphatic rings. The highest BCUT2D eigenvalue weighted by atomic mass is 15.2. The van der Waals surface area contributed by atoms with E-state index in [1.54, 1.807) is 0 Å². The van der Waals surface area contributed by atoms with Gasteiger partial charge >= 0.3 is 0 Å². The Morgan fingerprint density at radius 1 is 1.33 bits per heavy atom. The normalized spacial score (nSPS) is 40.8. The van der Waals surface area contributed by atoms with Crippen molar-refractivity contribution in [2.75, 3.05) is 19.6 Å². The summed E-state index contributed by atoms with van der Waals surface area (Å²) in [5.41, 5.74) is 0. The van der Waals surface area contributed by atoms with Gasteiger partial charge in [0.1, 0.15) is 0 Å². The Morgan fingerprint density at radius 2 is 2.17 bits per heavy atom. The van der Waals surface area contributed by atoms with Gasteiger partial charge in [-0.25, -0.2) is 0 Å². The van der Waals surface area contributed by atoms with Gasteiger partial charge in [-0.3, -0.25) is 0 Å². The smallest absolute Gasteiger partial charge is 0.00104 e. The predicted octanol–water partition coefficient (Wildman–Crippen LogP) is 2.37. The molecule has 70 valence electrons. The molecule has 0 aromatic rings. The second-order valence-electron chi connectivity index (χ2n) is 5.15. The molecule has 0 aromatic carbocycles. The number of hydrogen-bond acceptors (Lipinski definition) is 1. The average Bonchev–Trinajstić information content (AvgIpc) is 2.29. The molecule has 0 radical (unpaired) electrons. The lowest BCUT2D eigenvalue weighted by Gasteiger charge is -2.30. The lowest BCUT2D eigenvalue weighted by Crippen LogP contribution is -2.33. The Kier molecular flexibility index (Phi) is 2.40. The first-order chi connectivity index (χ1) is 5.74. The molecule has 1 nitrogen and oxygen atoms in total. The molecule has 2 aliphatic heterocycles. The first-order valence-corrected chi connectivity index (χ1v) is 5.46.